The number of carboxylic acids is 1. The van der Waals surface area contributed by atoms with Gasteiger partial charge in [-0.15, -0.1) is 0 Å². The summed E-state index contributed by atoms with van der Waals surface area (Å²) in [4.78, 5) is 22.9. The van der Waals surface area contributed by atoms with E-state index in [1.165, 1.54) is 0 Å². The molecule has 5 nitrogen and oxygen atoms in total. The second kappa shape index (κ2) is 2.86. The Morgan fingerprint density at radius 2 is 2.17 bits per heavy atom. The molecule has 0 aliphatic rings. The zero-order valence-corrected chi connectivity index (χ0v) is 6.42. The third-order valence-electron chi connectivity index (χ3n) is 1.21. The summed E-state index contributed by atoms with van der Waals surface area (Å²) in [7, 11) is 0. The zero-order chi connectivity index (χ0) is 9.30. The Balaban J connectivity index is 3.43. The molecule has 64 valence electrons. The first-order valence-electron chi connectivity index (χ1n) is 2.87. The predicted octanol–water partition coefficient (Wildman–Crippen LogP) is 0.432. The Morgan fingerprint density at radius 3 is 2.67 bits per heavy atom. The minimum atomic E-state index is -1.36. The maximum absolute atomic E-state index is 10.7. The lowest BCUT2D eigenvalue weighted by Gasteiger charge is -1.97. The molecule has 1 aromatic heterocycles. The Kier molecular flexibility index (Phi) is 2.05. The highest BCUT2D eigenvalue weighted by Gasteiger charge is 2.12. The fraction of sp³-hybridized carbons (Fsp3) is 0. The van der Waals surface area contributed by atoms with E-state index in [9.17, 15) is 9.59 Å². The van der Waals surface area contributed by atoms with E-state index in [1.54, 1.807) is 0 Å². The normalized spacial score (nSPS) is 9.75. The molecule has 0 fully saturated rings. The summed E-state index contributed by atoms with van der Waals surface area (Å²) in [5.74, 6) is -2.05. The molecule has 0 atom stereocenters. The van der Waals surface area contributed by atoms with Crippen LogP contribution in [0.4, 0.5) is 0 Å². The van der Waals surface area contributed by atoms with Gasteiger partial charge in [-0.05, 0) is 6.07 Å². The van der Waals surface area contributed by atoms with Gasteiger partial charge in [0.25, 0.3) is 5.56 Å². The van der Waals surface area contributed by atoms with Crippen molar-refractivity contribution >= 4 is 17.6 Å². The van der Waals surface area contributed by atoms with Crippen LogP contribution in [0.15, 0.2) is 10.9 Å². The highest BCUT2D eigenvalue weighted by Crippen LogP contribution is 2.14. The molecule has 0 aromatic carbocycles. The summed E-state index contributed by atoms with van der Waals surface area (Å²) >= 11 is 5.31. The molecule has 0 amide bonds. The highest BCUT2D eigenvalue weighted by molar-refractivity contribution is 6.30. The standard InChI is InChI=1S/C6H4ClNO4/c7-3-1-2(6(11)12)4(9)8-5(3)10/h1H,(H,11,12)(H2,8,9,10). The first-order chi connectivity index (χ1) is 5.52. The van der Waals surface area contributed by atoms with Crippen LogP contribution in [0.2, 0.25) is 5.02 Å². The average molecular weight is 190 g/mol. The van der Waals surface area contributed by atoms with Crippen LogP contribution in [-0.4, -0.2) is 21.2 Å². The van der Waals surface area contributed by atoms with E-state index in [2.05, 4.69) is 0 Å². The average Bonchev–Trinajstić information content (AvgIpc) is 1.96. The van der Waals surface area contributed by atoms with E-state index in [-0.39, 0.29) is 5.02 Å². The summed E-state index contributed by atoms with van der Waals surface area (Å²) in [6, 6.07) is 0.887. The second-order valence-corrected chi connectivity index (χ2v) is 2.42. The van der Waals surface area contributed by atoms with Gasteiger partial charge in [0.2, 0.25) is 5.88 Å². The quantitative estimate of drug-likeness (QED) is 0.598. The Morgan fingerprint density at radius 1 is 1.58 bits per heavy atom. The van der Waals surface area contributed by atoms with E-state index in [1.807, 2.05) is 4.98 Å². The van der Waals surface area contributed by atoms with Crippen LogP contribution >= 0.6 is 11.6 Å². The molecule has 0 bridgehead atoms. The molecule has 12 heavy (non-hydrogen) atoms. The number of hydrogen-bond donors (Lipinski definition) is 3. The van der Waals surface area contributed by atoms with Crippen LogP contribution in [0, 0.1) is 0 Å². The van der Waals surface area contributed by atoms with Gasteiger partial charge in [-0.3, -0.25) is 9.78 Å². The smallest absolute Gasteiger partial charge is 0.341 e. The van der Waals surface area contributed by atoms with Crippen LogP contribution in [0.25, 0.3) is 0 Å². The van der Waals surface area contributed by atoms with Crippen molar-refractivity contribution in [2.75, 3.05) is 0 Å². The molecular weight excluding hydrogens is 186 g/mol. The highest BCUT2D eigenvalue weighted by atomic mass is 35.5. The molecule has 0 saturated carbocycles. The van der Waals surface area contributed by atoms with Crippen molar-refractivity contribution in [3.8, 4) is 5.88 Å². The van der Waals surface area contributed by atoms with Crippen LogP contribution in [0.5, 0.6) is 5.88 Å². The summed E-state index contributed by atoms with van der Waals surface area (Å²) in [5, 5.41) is 17.1. The van der Waals surface area contributed by atoms with Crippen LogP contribution < -0.4 is 5.56 Å². The van der Waals surface area contributed by atoms with E-state index in [0.29, 0.717) is 0 Å². The molecule has 0 saturated heterocycles. The lowest BCUT2D eigenvalue weighted by atomic mass is 10.3. The number of carboxylic acid groups (broad SMARTS) is 1. The summed E-state index contributed by atoms with van der Waals surface area (Å²) < 4.78 is 0. The van der Waals surface area contributed by atoms with Crippen molar-refractivity contribution in [1.82, 2.24) is 4.98 Å². The fourth-order valence-electron chi connectivity index (χ4n) is 0.658. The number of aromatic hydroxyl groups is 1. The van der Waals surface area contributed by atoms with Crippen LogP contribution in [0.1, 0.15) is 10.4 Å². The summed E-state index contributed by atoms with van der Waals surface area (Å²) in [5.41, 5.74) is -1.15. The summed E-state index contributed by atoms with van der Waals surface area (Å²) in [6.45, 7) is 0. The zero-order valence-electron chi connectivity index (χ0n) is 5.67. The van der Waals surface area contributed by atoms with Crippen molar-refractivity contribution < 1.29 is 15.0 Å². The van der Waals surface area contributed by atoms with Gasteiger partial charge in [-0.1, -0.05) is 11.6 Å². The van der Waals surface area contributed by atoms with Gasteiger partial charge in [0.1, 0.15) is 10.6 Å². The topological polar surface area (TPSA) is 90.4 Å². The van der Waals surface area contributed by atoms with Crippen molar-refractivity contribution in [3.63, 3.8) is 0 Å². The number of aromatic amines is 1. The number of hydrogen-bond acceptors (Lipinski definition) is 3. The second-order valence-electron chi connectivity index (χ2n) is 2.01. The third-order valence-corrected chi connectivity index (χ3v) is 1.49. The number of carbonyl (C=O) groups is 1. The first kappa shape index (κ1) is 8.61. The first-order valence-corrected chi connectivity index (χ1v) is 3.25. The van der Waals surface area contributed by atoms with Gasteiger partial charge < -0.3 is 10.2 Å². The van der Waals surface area contributed by atoms with E-state index >= 15 is 0 Å². The largest absolute Gasteiger partial charge is 0.494 e. The van der Waals surface area contributed by atoms with Crippen molar-refractivity contribution in [3.05, 3.63) is 27.0 Å². The fourth-order valence-corrected chi connectivity index (χ4v) is 0.815. The van der Waals surface area contributed by atoms with Gasteiger partial charge in [0.05, 0.1) is 0 Å². The van der Waals surface area contributed by atoms with Gasteiger partial charge in [-0.25, -0.2) is 4.79 Å². The number of rotatable bonds is 1. The van der Waals surface area contributed by atoms with Gasteiger partial charge in [-0.2, -0.15) is 0 Å². The maximum Gasteiger partial charge on any atom is 0.341 e. The number of halogens is 1. The number of pyridine rings is 1. The number of H-pyrrole nitrogens is 1. The van der Waals surface area contributed by atoms with Crippen molar-refractivity contribution in [2.45, 2.75) is 0 Å². The number of aromatic carboxylic acids is 1. The van der Waals surface area contributed by atoms with E-state index in [0.717, 1.165) is 6.07 Å². The van der Waals surface area contributed by atoms with Gasteiger partial charge in [0, 0.05) is 0 Å². The Hall–Kier alpha value is -1.49. The van der Waals surface area contributed by atoms with Crippen LogP contribution in [-0.2, 0) is 0 Å². The van der Waals surface area contributed by atoms with E-state index < -0.39 is 23.0 Å². The molecule has 0 unspecified atom stereocenters. The molecule has 3 N–H and O–H groups in total. The van der Waals surface area contributed by atoms with Crippen LogP contribution in [0.3, 0.4) is 0 Å². The lowest BCUT2D eigenvalue weighted by molar-refractivity contribution is 0.0693. The minimum Gasteiger partial charge on any atom is -0.494 e. The number of nitrogens with one attached hydrogen (secondary N) is 1. The predicted molar refractivity (Wildman–Crippen MR) is 40.7 cm³/mol. The maximum atomic E-state index is 10.7. The molecule has 0 radical (unpaired) electrons. The molecule has 6 heteroatoms. The minimum absolute atomic E-state index is 0.273. The van der Waals surface area contributed by atoms with Gasteiger partial charge in [0.15, 0.2) is 0 Å². The molecule has 1 heterocycles. The molecule has 1 aromatic rings. The summed E-state index contributed by atoms with van der Waals surface area (Å²) in [6.07, 6.45) is 0. The Labute approximate surface area is 71.2 Å². The third kappa shape index (κ3) is 1.40. The molecule has 1 rings (SSSR count). The Bertz CT molecular complexity index is 384. The lowest BCUT2D eigenvalue weighted by Crippen LogP contribution is -2.09. The number of aromatic nitrogens is 1. The molecule has 0 aliphatic carbocycles. The molecule has 0 spiro atoms. The van der Waals surface area contributed by atoms with Gasteiger partial charge >= 0.3 is 5.97 Å². The SMILES string of the molecule is O=C(O)c1cc(Cl)c(=O)[nH]c1O. The van der Waals surface area contributed by atoms with Crippen molar-refractivity contribution in [1.29, 1.82) is 0 Å². The van der Waals surface area contributed by atoms with Crippen molar-refractivity contribution in [2.24, 2.45) is 0 Å². The van der Waals surface area contributed by atoms with E-state index in [4.69, 9.17) is 21.8 Å². The molecular formula is C6H4ClNO4. The molecule has 0 aliphatic heterocycles. The monoisotopic (exact) mass is 189 g/mol.